The smallest absolute Gasteiger partial charge is 0.351 e. The van der Waals surface area contributed by atoms with Crippen LogP contribution in [0.4, 0.5) is 0 Å². The standard InChI is InChI=1S/C24H16O4/c25-23(20-13-15-7-1-6-12-22(15)28-24(20)26)27-14-21-18-10-4-2-8-16(18)17-9-3-5-11-19(17)21/h1-13,21H,14H2. The average Bonchev–Trinajstić information content (AvgIpc) is 3.05. The van der Waals surface area contributed by atoms with Gasteiger partial charge in [-0.3, -0.25) is 0 Å². The summed E-state index contributed by atoms with van der Waals surface area (Å²) in [6.07, 6.45) is 0. The average molecular weight is 368 g/mol. The number of fused-ring (bicyclic) bond motifs is 4. The van der Waals surface area contributed by atoms with E-state index < -0.39 is 11.6 Å². The highest BCUT2D eigenvalue weighted by molar-refractivity contribution is 5.93. The Morgan fingerprint density at radius 2 is 1.46 bits per heavy atom. The van der Waals surface area contributed by atoms with Gasteiger partial charge in [-0.25, -0.2) is 9.59 Å². The second kappa shape index (κ2) is 6.50. The minimum absolute atomic E-state index is 0.0520. The van der Waals surface area contributed by atoms with Gasteiger partial charge in [-0.1, -0.05) is 66.7 Å². The molecule has 0 saturated carbocycles. The van der Waals surface area contributed by atoms with Crippen molar-refractivity contribution in [1.82, 2.24) is 0 Å². The number of carbonyl (C=O) groups excluding carboxylic acids is 1. The van der Waals surface area contributed by atoms with E-state index in [2.05, 4.69) is 24.3 Å². The van der Waals surface area contributed by atoms with Crippen molar-refractivity contribution in [2.75, 3.05) is 6.61 Å². The van der Waals surface area contributed by atoms with E-state index in [9.17, 15) is 9.59 Å². The lowest BCUT2D eigenvalue weighted by atomic mass is 9.98. The third kappa shape index (κ3) is 2.62. The third-order valence-electron chi connectivity index (χ3n) is 5.21. The van der Waals surface area contributed by atoms with Crippen LogP contribution in [0.2, 0.25) is 0 Å². The van der Waals surface area contributed by atoms with E-state index in [0.29, 0.717) is 11.0 Å². The van der Waals surface area contributed by atoms with Crippen LogP contribution in [0.25, 0.3) is 22.1 Å². The summed E-state index contributed by atoms with van der Waals surface area (Å²) in [5.41, 5.74) is 4.25. The first-order chi connectivity index (χ1) is 13.7. The van der Waals surface area contributed by atoms with Crippen molar-refractivity contribution < 1.29 is 13.9 Å². The monoisotopic (exact) mass is 368 g/mol. The summed E-state index contributed by atoms with van der Waals surface area (Å²) in [5.74, 6) is -0.717. The molecule has 0 spiro atoms. The Bertz CT molecular complexity index is 1220. The molecule has 0 saturated heterocycles. The maximum absolute atomic E-state index is 12.6. The number of rotatable bonds is 3. The van der Waals surface area contributed by atoms with Gasteiger partial charge in [0.05, 0.1) is 0 Å². The molecule has 136 valence electrons. The fourth-order valence-electron chi connectivity index (χ4n) is 3.88. The van der Waals surface area contributed by atoms with Gasteiger partial charge in [0.15, 0.2) is 0 Å². The van der Waals surface area contributed by atoms with Crippen molar-refractivity contribution in [3.8, 4) is 11.1 Å². The number of benzene rings is 3. The molecule has 0 radical (unpaired) electrons. The van der Waals surface area contributed by atoms with Crippen LogP contribution in [0.5, 0.6) is 0 Å². The predicted molar refractivity (Wildman–Crippen MR) is 106 cm³/mol. The molecule has 0 bridgehead atoms. The second-order valence-corrected chi connectivity index (χ2v) is 6.81. The van der Waals surface area contributed by atoms with E-state index in [1.54, 1.807) is 18.2 Å². The molecule has 0 aliphatic heterocycles. The van der Waals surface area contributed by atoms with Crippen molar-refractivity contribution in [2.45, 2.75) is 5.92 Å². The molecule has 0 fully saturated rings. The predicted octanol–water partition coefficient (Wildman–Crippen LogP) is 4.76. The second-order valence-electron chi connectivity index (χ2n) is 6.81. The van der Waals surface area contributed by atoms with Crippen LogP contribution in [-0.4, -0.2) is 12.6 Å². The van der Waals surface area contributed by atoms with Gasteiger partial charge in [0.1, 0.15) is 17.8 Å². The van der Waals surface area contributed by atoms with Gasteiger partial charge >= 0.3 is 11.6 Å². The summed E-state index contributed by atoms with van der Waals surface area (Å²) < 4.78 is 10.8. The number of para-hydroxylation sites is 1. The van der Waals surface area contributed by atoms with Crippen LogP contribution < -0.4 is 5.63 Å². The van der Waals surface area contributed by atoms with Crippen molar-refractivity contribution in [3.05, 3.63) is 106 Å². The summed E-state index contributed by atoms with van der Waals surface area (Å²) >= 11 is 0. The lowest BCUT2D eigenvalue weighted by Crippen LogP contribution is -2.19. The first-order valence-electron chi connectivity index (χ1n) is 9.10. The highest BCUT2D eigenvalue weighted by atomic mass is 16.5. The largest absolute Gasteiger partial charge is 0.461 e. The molecular weight excluding hydrogens is 352 g/mol. The van der Waals surface area contributed by atoms with Gasteiger partial charge < -0.3 is 9.15 Å². The fraction of sp³-hybridized carbons (Fsp3) is 0.0833. The molecule has 1 aromatic heterocycles. The van der Waals surface area contributed by atoms with Gasteiger partial charge in [0, 0.05) is 11.3 Å². The SMILES string of the molecule is O=C(OCC1c2ccccc2-c2ccccc21)c1cc2ccccc2oc1=O. The summed E-state index contributed by atoms with van der Waals surface area (Å²) in [6, 6.07) is 24.8. The lowest BCUT2D eigenvalue weighted by Gasteiger charge is -2.14. The molecule has 4 heteroatoms. The number of hydrogen-bond donors (Lipinski definition) is 0. The summed E-state index contributed by atoms with van der Waals surface area (Å²) in [5, 5.41) is 0.686. The molecule has 4 aromatic rings. The zero-order chi connectivity index (χ0) is 19.1. The van der Waals surface area contributed by atoms with E-state index in [1.165, 1.54) is 6.07 Å². The van der Waals surface area contributed by atoms with Crippen molar-refractivity contribution in [2.24, 2.45) is 0 Å². The van der Waals surface area contributed by atoms with Crippen LogP contribution in [0.3, 0.4) is 0 Å². The Hall–Kier alpha value is -3.66. The maximum atomic E-state index is 12.6. The Kier molecular flexibility index (Phi) is 3.83. The van der Waals surface area contributed by atoms with Crippen molar-refractivity contribution in [1.29, 1.82) is 0 Å². The Morgan fingerprint density at radius 1 is 0.857 bits per heavy atom. The van der Waals surface area contributed by atoms with Crippen LogP contribution in [0.1, 0.15) is 27.4 Å². The molecule has 1 heterocycles. The van der Waals surface area contributed by atoms with Crippen LogP contribution in [0, 0.1) is 0 Å². The highest BCUT2D eigenvalue weighted by Crippen LogP contribution is 2.44. The molecule has 0 N–H and O–H groups in total. The number of esters is 1. The Balaban J connectivity index is 1.45. The van der Waals surface area contributed by atoms with E-state index in [1.807, 2.05) is 30.3 Å². The molecule has 0 atom stereocenters. The summed E-state index contributed by atoms with van der Waals surface area (Å²) in [7, 11) is 0. The van der Waals surface area contributed by atoms with Gasteiger partial charge in [-0.05, 0) is 34.4 Å². The first-order valence-corrected chi connectivity index (χ1v) is 9.10. The third-order valence-corrected chi connectivity index (χ3v) is 5.21. The molecule has 4 nitrogen and oxygen atoms in total. The zero-order valence-electron chi connectivity index (χ0n) is 14.9. The fourth-order valence-corrected chi connectivity index (χ4v) is 3.88. The Morgan fingerprint density at radius 3 is 2.18 bits per heavy atom. The van der Waals surface area contributed by atoms with E-state index >= 15 is 0 Å². The van der Waals surface area contributed by atoms with Gasteiger partial charge in [-0.2, -0.15) is 0 Å². The maximum Gasteiger partial charge on any atom is 0.351 e. The normalized spacial score (nSPS) is 12.6. The Labute approximate surface area is 161 Å². The minimum atomic E-state index is -0.684. The first kappa shape index (κ1) is 16.5. The number of ether oxygens (including phenoxy) is 1. The molecule has 0 unspecified atom stereocenters. The van der Waals surface area contributed by atoms with Crippen molar-refractivity contribution >= 4 is 16.9 Å². The molecule has 28 heavy (non-hydrogen) atoms. The molecule has 1 aliphatic rings. The topological polar surface area (TPSA) is 56.5 Å². The molecular formula is C24H16O4. The molecule has 0 amide bonds. The van der Waals surface area contributed by atoms with Gasteiger partial charge in [-0.15, -0.1) is 0 Å². The van der Waals surface area contributed by atoms with E-state index in [-0.39, 0.29) is 18.1 Å². The molecule has 1 aliphatic carbocycles. The van der Waals surface area contributed by atoms with Crippen LogP contribution in [0.15, 0.2) is 88.1 Å². The minimum Gasteiger partial charge on any atom is -0.461 e. The van der Waals surface area contributed by atoms with E-state index in [4.69, 9.17) is 9.15 Å². The number of carbonyl (C=O) groups is 1. The van der Waals surface area contributed by atoms with Gasteiger partial charge in [0.25, 0.3) is 0 Å². The quantitative estimate of drug-likeness (QED) is 0.386. The lowest BCUT2D eigenvalue weighted by molar-refractivity contribution is 0.0489. The van der Waals surface area contributed by atoms with Gasteiger partial charge in [0.2, 0.25) is 0 Å². The number of hydrogen-bond acceptors (Lipinski definition) is 4. The highest BCUT2D eigenvalue weighted by Gasteiger charge is 2.29. The summed E-state index contributed by atoms with van der Waals surface area (Å²) in [4.78, 5) is 24.8. The van der Waals surface area contributed by atoms with Crippen LogP contribution in [-0.2, 0) is 4.74 Å². The van der Waals surface area contributed by atoms with E-state index in [0.717, 1.165) is 22.3 Å². The summed E-state index contributed by atoms with van der Waals surface area (Å²) in [6.45, 7) is 0.166. The zero-order valence-corrected chi connectivity index (χ0v) is 14.9. The van der Waals surface area contributed by atoms with Crippen molar-refractivity contribution in [3.63, 3.8) is 0 Å². The molecule has 5 rings (SSSR count). The van der Waals surface area contributed by atoms with Crippen LogP contribution >= 0.6 is 0 Å². The molecule has 3 aromatic carbocycles.